The van der Waals surface area contributed by atoms with Crippen molar-refractivity contribution in [2.45, 2.75) is 6.36 Å². The number of hydrogen-bond donors (Lipinski definition) is 1. The maximum atomic E-state index is 10.7. The standard InChI is InChI=1S/C2HF3O3/c3-2(4,5)8-1(6)7/h(H,6,7). The van der Waals surface area contributed by atoms with Crippen LogP contribution >= 0.6 is 0 Å². The molecule has 0 aliphatic rings. The van der Waals surface area contributed by atoms with E-state index in [2.05, 4.69) is 4.74 Å². The lowest BCUT2D eigenvalue weighted by atomic mass is 11.2. The third kappa shape index (κ3) is 5.06. The minimum absolute atomic E-state index is 2.35. The first-order valence-electron chi connectivity index (χ1n) is 1.40. The number of ether oxygens (including phenoxy) is 1. The largest absolute Gasteiger partial charge is 0.577 e. The molecule has 0 aliphatic carbocycles. The number of alkyl halides is 3. The van der Waals surface area contributed by atoms with Crippen LogP contribution < -0.4 is 0 Å². The summed E-state index contributed by atoms with van der Waals surface area (Å²) in [5, 5.41) is 7.31. The quantitative estimate of drug-likeness (QED) is 0.501. The van der Waals surface area contributed by atoms with Crippen molar-refractivity contribution in [3.8, 4) is 0 Å². The van der Waals surface area contributed by atoms with E-state index in [1.165, 1.54) is 0 Å². The van der Waals surface area contributed by atoms with Crippen LogP contribution in [0.3, 0.4) is 0 Å². The lowest BCUT2D eigenvalue weighted by Crippen LogP contribution is -2.17. The first-order chi connectivity index (χ1) is 3.42. The zero-order chi connectivity index (χ0) is 6.78. The second kappa shape index (κ2) is 1.89. The molecule has 0 radical (unpaired) electrons. The van der Waals surface area contributed by atoms with Crippen LogP contribution in [0.1, 0.15) is 0 Å². The lowest BCUT2D eigenvalue weighted by molar-refractivity contribution is -0.297. The Kier molecular flexibility index (Phi) is 1.67. The zero-order valence-corrected chi connectivity index (χ0v) is 3.40. The normalized spacial score (nSPS) is 10.9. The van der Waals surface area contributed by atoms with E-state index >= 15 is 0 Å². The van der Waals surface area contributed by atoms with E-state index in [9.17, 15) is 13.2 Å². The third-order valence-corrected chi connectivity index (χ3v) is 0.203. The van der Waals surface area contributed by atoms with Gasteiger partial charge in [-0.3, -0.25) is 0 Å². The van der Waals surface area contributed by atoms with Crippen molar-refractivity contribution >= 4 is 6.16 Å². The smallest absolute Gasteiger partial charge is 0.450 e. The van der Waals surface area contributed by atoms with Crippen LogP contribution in [-0.2, 0) is 4.74 Å². The van der Waals surface area contributed by atoms with Gasteiger partial charge in [-0.15, -0.1) is 13.2 Å². The molecule has 0 atom stereocenters. The van der Waals surface area contributed by atoms with Crippen molar-refractivity contribution in [2.75, 3.05) is 0 Å². The van der Waals surface area contributed by atoms with E-state index in [-0.39, 0.29) is 0 Å². The van der Waals surface area contributed by atoms with Gasteiger partial charge in [0.1, 0.15) is 0 Å². The molecule has 0 saturated heterocycles. The van der Waals surface area contributed by atoms with Crippen molar-refractivity contribution in [2.24, 2.45) is 0 Å². The summed E-state index contributed by atoms with van der Waals surface area (Å²) in [6, 6.07) is 0. The molecule has 6 heteroatoms. The molecule has 0 aromatic heterocycles. The van der Waals surface area contributed by atoms with Gasteiger partial charge in [0, 0.05) is 0 Å². The molecule has 0 fully saturated rings. The molecule has 3 nitrogen and oxygen atoms in total. The highest BCUT2D eigenvalue weighted by molar-refractivity contribution is 5.56. The maximum absolute atomic E-state index is 10.7. The Morgan fingerprint density at radius 2 is 1.88 bits per heavy atom. The first kappa shape index (κ1) is 7.06. The number of hydrogen-bond acceptors (Lipinski definition) is 2. The van der Waals surface area contributed by atoms with Gasteiger partial charge in [-0.1, -0.05) is 0 Å². The van der Waals surface area contributed by atoms with Crippen molar-refractivity contribution in [3.05, 3.63) is 0 Å². The third-order valence-electron chi connectivity index (χ3n) is 0.203. The Labute approximate surface area is 41.7 Å². The molecule has 0 saturated carbocycles. The Morgan fingerprint density at radius 1 is 1.50 bits per heavy atom. The lowest BCUT2D eigenvalue weighted by Gasteiger charge is -2.00. The number of rotatable bonds is 0. The maximum Gasteiger partial charge on any atom is 0.577 e. The van der Waals surface area contributed by atoms with E-state index in [1.54, 1.807) is 0 Å². The fourth-order valence-corrected chi connectivity index (χ4v) is 0.0990. The van der Waals surface area contributed by atoms with Crippen LogP contribution in [0.25, 0.3) is 0 Å². The topological polar surface area (TPSA) is 46.5 Å². The highest BCUT2D eigenvalue weighted by atomic mass is 19.4. The molecular formula is C2HF3O3. The summed E-state index contributed by atoms with van der Waals surface area (Å²) in [6.45, 7) is 0. The van der Waals surface area contributed by atoms with E-state index in [4.69, 9.17) is 9.90 Å². The molecule has 8 heavy (non-hydrogen) atoms. The predicted octanol–water partition coefficient (Wildman–Crippen LogP) is 1.20. The molecule has 1 N–H and O–H groups in total. The van der Waals surface area contributed by atoms with Crippen molar-refractivity contribution in [3.63, 3.8) is 0 Å². The Bertz CT molecular complexity index is 95.2. The summed E-state index contributed by atoms with van der Waals surface area (Å²) in [7, 11) is 0. The van der Waals surface area contributed by atoms with Gasteiger partial charge in [0.2, 0.25) is 0 Å². The molecule has 0 heterocycles. The van der Waals surface area contributed by atoms with Crippen molar-refractivity contribution < 1.29 is 27.8 Å². The number of halogens is 3. The summed E-state index contributed by atoms with van der Waals surface area (Å²) in [6.07, 6.45) is -7.43. The predicted molar refractivity (Wildman–Crippen MR) is 15.2 cm³/mol. The van der Waals surface area contributed by atoms with Crippen LogP contribution in [0.4, 0.5) is 18.0 Å². The molecule has 0 unspecified atom stereocenters. The van der Waals surface area contributed by atoms with Gasteiger partial charge >= 0.3 is 12.5 Å². The van der Waals surface area contributed by atoms with Crippen LogP contribution in [0.15, 0.2) is 0 Å². The fraction of sp³-hybridized carbons (Fsp3) is 0.500. The second-order valence-corrected chi connectivity index (χ2v) is 0.814. The highest BCUT2D eigenvalue weighted by Crippen LogP contribution is 2.15. The first-order valence-corrected chi connectivity index (χ1v) is 1.40. The summed E-state index contributed by atoms with van der Waals surface area (Å²) in [4.78, 5) is 9.07. The Morgan fingerprint density at radius 3 is 1.88 bits per heavy atom. The molecular weight excluding hydrogens is 129 g/mol. The molecule has 0 bridgehead atoms. The Balaban J connectivity index is 3.55. The van der Waals surface area contributed by atoms with Gasteiger partial charge in [-0.25, -0.2) is 4.79 Å². The SMILES string of the molecule is O=C(O)OC(F)(F)F. The van der Waals surface area contributed by atoms with Gasteiger partial charge in [0.15, 0.2) is 0 Å². The minimum atomic E-state index is -5.08. The van der Waals surface area contributed by atoms with Gasteiger partial charge in [-0.2, -0.15) is 0 Å². The molecule has 0 rings (SSSR count). The molecule has 0 spiro atoms. The summed E-state index contributed by atoms with van der Waals surface area (Å²) >= 11 is 0. The van der Waals surface area contributed by atoms with Crippen LogP contribution in [0.5, 0.6) is 0 Å². The second-order valence-electron chi connectivity index (χ2n) is 0.814. The molecule has 0 amide bonds. The van der Waals surface area contributed by atoms with E-state index in [1.807, 2.05) is 0 Å². The van der Waals surface area contributed by atoms with E-state index in [0.29, 0.717) is 0 Å². The molecule has 0 aromatic rings. The van der Waals surface area contributed by atoms with Crippen LogP contribution in [0, 0.1) is 0 Å². The molecule has 0 aliphatic heterocycles. The average molecular weight is 130 g/mol. The average Bonchev–Trinajstić information content (AvgIpc) is 1.21. The monoisotopic (exact) mass is 130 g/mol. The van der Waals surface area contributed by atoms with Crippen LogP contribution in [-0.4, -0.2) is 17.6 Å². The van der Waals surface area contributed by atoms with E-state index in [0.717, 1.165) is 0 Å². The van der Waals surface area contributed by atoms with Gasteiger partial charge < -0.3 is 9.84 Å². The molecule has 48 valence electrons. The van der Waals surface area contributed by atoms with Gasteiger partial charge in [0.05, 0.1) is 0 Å². The number of carboxylic acid groups (broad SMARTS) is 1. The molecule has 0 aromatic carbocycles. The van der Waals surface area contributed by atoms with Gasteiger partial charge in [0.25, 0.3) is 0 Å². The summed E-state index contributed by atoms with van der Waals surface area (Å²) < 4.78 is 34.5. The van der Waals surface area contributed by atoms with Crippen molar-refractivity contribution in [1.82, 2.24) is 0 Å². The fourth-order valence-electron chi connectivity index (χ4n) is 0.0990. The van der Waals surface area contributed by atoms with Crippen molar-refractivity contribution in [1.29, 1.82) is 0 Å². The van der Waals surface area contributed by atoms with Gasteiger partial charge in [-0.05, 0) is 0 Å². The van der Waals surface area contributed by atoms with Crippen LogP contribution in [0.2, 0.25) is 0 Å². The summed E-state index contributed by atoms with van der Waals surface area (Å²) in [5.74, 6) is 0. The minimum Gasteiger partial charge on any atom is -0.450 e. The zero-order valence-electron chi connectivity index (χ0n) is 3.40. The summed E-state index contributed by atoms with van der Waals surface area (Å²) in [5.41, 5.74) is 0. The van der Waals surface area contributed by atoms with E-state index < -0.39 is 12.5 Å². The highest BCUT2D eigenvalue weighted by Gasteiger charge is 2.33. The Hall–Kier alpha value is -0.940. The number of carbonyl (C=O) groups is 1.